The summed E-state index contributed by atoms with van der Waals surface area (Å²) in [4.78, 5) is 17.2. The van der Waals surface area contributed by atoms with Gasteiger partial charge in [-0.05, 0) is 76.3 Å². The van der Waals surface area contributed by atoms with Crippen LogP contribution in [-0.2, 0) is 4.74 Å². The number of carbonyl (C=O) groups excluding carboxylic acids is 1. The Morgan fingerprint density at radius 2 is 1.87 bits per heavy atom. The fourth-order valence-electron chi connectivity index (χ4n) is 5.79. The first kappa shape index (κ1) is 30.6. The van der Waals surface area contributed by atoms with Gasteiger partial charge in [-0.2, -0.15) is 5.26 Å². The Balaban J connectivity index is 1.35. The second-order valence-corrected chi connectivity index (χ2v) is 13.2. The molecule has 2 aliphatic carbocycles. The third kappa shape index (κ3) is 7.12. The second-order valence-electron chi connectivity index (χ2n) is 12.8. The number of fused-ring (bicyclic) bond motifs is 1. The molecule has 12 heteroatoms. The molecule has 3 N–H and O–H groups in total. The van der Waals surface area contributed by atoms with Crippen molar-refractivity contribution in [1.82, 2.24) is 25.3 Å². The van der Waals surface area contributed by atoms with Crippen molar-refractivity contribution in [2.45, 2.75) is 89.1 Å². The highest BCUT2D eigenvalue weighted by Gasteiger charge is 2.30. The standard InChI is InChI=1S/C33H36ClFN8O2/c1-33(2,3)45-32(44)40-27-7-5-4-6-26(27)39-29-20(16-36)17-37-31-24(29)14-22(15-25(31)34)38-30(19-8-10-21(35)11-9-19)28-18-43(42-41-28)23-12-13-23/h8-11,14-15,17-18,23,26-27,30,38H,4-7,12-13H2,1-3H3,(H,37,39)(H,40,44)/t26-,27+,30?/m0/s1. The molecule has 10 nitrogen and oxygen atoms in total. The van der Waals surface area contributed by atoms with Gasteiger partial charge in [0.1, 0.15) is 23.2 Å². The van der Waals surface area contributed by atoms with E-state index in [0.717, 1.165) is 44.1 Å². The zero-order valence-corrected chi connectivity index (χ0v) is 26.2. The smallest absolute Gasteiger partial charge is 0.407 e. The van der Waals surface area contributed by atoms with Crippen LogP contribution < -0.4 is 16.0 Å². The molecule has 2 aliphatic rings. The van der Waals surface area contributed by atoms with Gasteiger partial charge in [-0.25, -0.2) is 13.9 Å². The van der Waals surface area contributed by atoms with Gasteiger partial charge in [0, 0.05) is 23.3 Å². The molecule has 4 aromatic rings. The first-order chi connectivity index (χ1) is 21.6. The number of aromatic nitrogens is 4. The summed E-state index contributed by atoms with van der Waals surface area (Å²) in [5, 5.41) is 30.1. The zero-order valence-electron chi connectivity index (χ0n) is 25.5. The number of alkyl carbamates (subject to hydrolysis) is 1. The SMILES string of the molecule is CC(C)(C)OC(=O)N[C@@H]1CCCC[C@@H]1Nc1c(C#N)cnc2c(Cl)cc(NC(c3ccc(F)cc3)c3cn(C4CC4)nn3)cc12. The molecule has 0 aliphatic heterocycles. The van der Waals surface area contributed by atoms with Crippen molar-refractivity contribution in [2.75, 3.05) is 10.6 Å². The molecule has 45 heavy (non-hydrogen) atoms. The molecule has 2 saturated carbocycles. The molecule has 0 radical (unpaired) electrons. The normalized spacial score (nSPS) is 19.0. The Morgan fingerprint density at radius 3 is 2.56 bits per heavy atom. The molecule has 6 rings (SSSR count). The van der Waals surface area contributed by atoms with Gasteiger partial charge in [-0.1, -0.05) is 41.8 Å². The molecular formula is C33H36ClFN8O2. The number of nitriles is 1. The van der Waals surface area contributed by atoms with E-state index in [1.54, 1.807) is 18.2 Å². The Bertz CT molecular complexity index is 1740. The van der Waals surface area contributed by atoms with Crippen LogP contribution in [0.2, 0.25) is 5.02 Å². The topological polar surface area (TPSA) is 130 Å². The number of carbonyl (C=O) groups is 1. The van der Waals surface area contributed by atoms with Crippen LogP contribution in [-0.4, -0.2) is 43.8 Å². The molecule has 1 unspecified atom stereocenters. The van der Waals surface area contributed by atoms with E-state index >= 15 is 0 Å². The third-order valence-corrected chi connectivity index (χ3v) is 8.39. The molecular weight excluding hydrogens is 595 g/mol. The number of nitrogens with zero attached hydrogens (tertiary/aromatic N) is 5. The van der Waals surface area contributed by atoms with E-state index in [4.69, 9.17) is 16.3 Å². The summed E-state index contributed by atoms with van der Waals surface area (Å²) in [5.74, 6) is -0.333. The van der Waals surface area contributed by atoms with Gasteiger partial charge < -0.3 is 20.7 Å². The molecule has 1 amide bonds. The van der Waals surface area contributed by atoms with Gasteiger partial charge in [-0.15, -0.1) is 5.10 Å². The van der Waals surface area contributed by atoms with Crippen molar-refractivity contribution < 1.29 is 13.9 Å². The molecule has 0 spiro atoms. The second kappa shape index (κ2) is 12.5. The minimum absolute atomic E-state index is 0.149. The van der Waals surface area contributed by atoms with Gasteiger partial charge in [0.05, 0.1) is 46.1 Å². The van der Waals surface area contributed by atoms with Gasteiger partial charge in [-0.3, -0.25) is 4.98 Å². The molecule has 2 heterocycles. The highest BCUT2D eigenvalue weighted by molar-refractivity contribution is 6.35. The van der Waals surface area contributed by atoms with Crippen molar-refractivity contribution in [3.63, 3.8) is 0 Å². The summed E-state index contributed by atoms with van der Waals surface area (Å²) in [6.45, 7) is 5.49. The lowest BCUT2D eigenvalue weighted by Gasteiger charge is -2.34. The summed E-state index contributed by atoms with van der Waals surface area (Å²) in [5.41, 5.74) is 3.02. The van der Waals surface area contributed by atoms with Crippen LogP contribution in [0.5, 0.6) is 0 Å². The van der Waals surface area contributed by atoms with Gasteiger partial charge in [0.25, 0.3) is 0 Å². The van der Waals surface area contributed by atoms with E-state index < -0.39 is 17.7 Å². The molecule has 2 aromatic heterocycles. The summed E-state index contributed by atoms with van der Waals surface area (Å²) in [7, 11) is 0. The number of benzene rings is 2. The summed E-state index contributed by atoms with van der Waals surface area (Å²) in [6.07, 6.45) is 8.61. The van der Waals surface area contributed by atoms with E-state index in [2.05, 4.69) is 37.3 Å². The van der Waals surface area contributed by atoms with E-state index in [9.17, 15) is 14.4 Å². The third-order valence-electron chi connectivity index (χ3n) is 8.10. The van der Waals surface area contributed by atoms with Gasteiger partial charge in [0.2, 0.25) is 0 Å². The molecule has 2 aromatic carbocycles. The minimum atomic E-state index is -0.616. The Labute approximate surface area is 266 Å². The van der Waals surface area contributed by atoms with Crippen LogP contribution in [0.25, 0.3) is 10.9 Å². The fourth-order valence-corrected chi connectivity index (χ4v) is 6.06. The van der Waals surface area contributed by atoms with E-state index in [1.165, 1.54) is 18.3 Å². The van der Waals surface area contributed by atoms with E-state index in [-0.39, 0.29) is 17.9 Å². The maximum absolute atomic E-state index is 13.9. The fraction of sp³-hybridized carbons (Fsp3) is 0.424. The van der Waals surface area contributed by atoms with Crippen LogP contribution in [0.1, 0.15) is 88.2 Å². The quantitative estimate of drug-likeness (QED) is 0.185. The molecule has 0 bridgehead atoms. The van der Waals surface area contributed by atoms with Crippen molar-refractivity contribution >= 4 is 40.0 Å². The van der Waals surface area contributed by atoms with Crippen molar-refractivity contribution in [3.8, 4) is 6.07 Å². The van der Waals surface area contributed by atoms with Crippen LogP contribution in [0, 0.1) is 17.1 Å². The maximum atomic E-state index is 13.9. The van der Waals surface area contributed by atoms with Crippen LogP contribution in [0.4, 0.5) is 20.6 Å². The first-order valence-electron chi connectivity index (χ1n) is 15.3. The highest BCUT2D eigenvalue weighted by Crippen LogP contribution is 2.38. The number of amides is 1. The average molecular weight is 631 g/mol. The number of hydrogen-bond acceptors (Lipinski definition) is 8. The van der Waals surface area contributed by atoms with Crippen molar-refractivity contribution in [2.24, 2.45) is 0 Å². The number of ether oxygens (including phenoxy) is 1. The lowest BCUT2D eigenvalue weighted by molar-refractivity contribution is 0.0488. The van der Waals surface area contributed by atoms with Crippen LogP contribution in [0.15, 0.2) is 48.8 Å². The van der Waals surface area contributed by atoms with Crippen LogP contribution >= 0.6 is 11.6 Å². The molecule has 0 saturated heterocycles. The number of hydrogen-bond donors (Lipinski definition) is 3. The zero-order chi connectivity index (χ0) is 31.7. The molecule has 2 fully saturated rings. The number of rotatable bonds is 8. The minimum Gasteiger partial charge on any atom is -0.444 e. The van der Waals surface area contributed by atoms with E-state index in [0.29, 0.717) is 44.6 Å². The number of halogens is 2. The predicted octanol–water partition coefficient (Wildman–Crippen LogP) is 7.27. The Morgan fingerprint density at radius 1 is 1.13 bits per heavy atom. The maximum Gasteiger partial charge on any atom is 0.407 e. The summed E-state index contributed by atoms with van der Waals surface area (Å²) >= 11 is 6.81. The summed E-state index contributed by atoms with van der Waals surface area (Å²) < 4.78 is 21.3. The van der Waals surface area contributed by atoms with Gasteiger partial charge >= 0.3 is 6.09 Å². The number of pyridine rings is 1. The lowest BCUT2D eigenvalue weighted by atomic mass is 9.89. The Hall–Kier alpha value is -4.43. The number of anilines is 2. The van der Waals surface area contributed by atoms with Gasteiger partial charge in [0.15, 0.2) is 0 Å². The van der Waals surface area contributed by atoms with Crippen molar-refractivity contribution in [1.29, 1.82) is 5.26 Å². The first-order valence-corrected chi connectivity index (χ1v) is 15.7. The highest BCUT2D eigenvalue weighted by atomic mass is 35.5. The average Bonchev–Trinajstić information content (AvgIpc) is 3.73. The monoisotopic (exact) mass is 630 g/mol. The van der Waals surface area contributed by atoms with Crippen molar-refractivity contribution in [3.05, 3.63) is 76.5 Å². The lowest BCUT2D eigenvalue weighted by Crippen LogP contribution is -2.49. The largest absolute Gasteiger partial charge is 0.444 e. The number of nitrogens with one attached hydrogen (secondary N) is 3. The predicted molar refractivity (Wildman–Crippen MR) is 171 cm³/mol. The molecule has 234 valence electrons. The van der Waals surface area contributed by atoms with E-state index in [1.807, 2.05) is 37.7 Å². The Kier molecular flexibility index (Phi) is 8.51. The molecule has 3 atom stereocenters. The van der Waals surface area contributed by atoms with Crippen LogP contribution in [0.3, 0.4) is 0 Å². The summed E-state index contributed by atoms with van der Waals surface area (Å²) in [6, 6.07) is 11.8.